The summed E-state index contributed by atoms with van der Waals surface area (Å²) in [6.07, 6.45) is -0.104. The van der Waals surface area contributed by atoms with Gasteiger partial charge in [-0.1, -0.05) is 40.9 Å². The van der Waals surface area contributed by atoms with E-state index >= 15 is 0 Å². The number of anilines is 1. The van der Waals surface area contributed by atoms with Crippen molar-refractivity contribution >= 4 is 55.9 Å². The monoisotopic (exact) mass is 437 g/mol. The molecule has 0 saturated carbocycles. The summed E-state index contributed by atoms with van der Waals surface area (Å²) in [6, 6.07) is 10.7. The Bertz CT molecular complexity index is 1230. The molecule has 7 nitrogen and oxygen atoms in total. The highest BCUT2D eigenvalue weighted by Crippen LogP contribution is 2.40. The second-order valence-electron chi connectivity index (χ2n) is 5.91. The van der Waals surface area contributed by atoms with Gasteiger partial charge in [0.2, 0.25) is 0 Å². The van der Waals surface area contributed by atoms with Crippen molar-refractivity contribution in [3.8, 4) is 6.07 Å². The Labute approximate surface area is 171 Å². The first-order valence-corrected chi connectivity index (χ1v) is 10.1. The number of carbonyl (C=O) groups is 1. The number of rotatable bonds is 4. The normalized spacial score (nSPS) is 11.4. The van der Waals surface area contributed by atoms with E-state index in [2.05, 4.69) is 0 Å². The number of halogens is 2. The van der Waals surface area contributed by atoms with E-state index in [1.807, 2.05) is 6.92 Å². The van der Waals surface area contributed by atoms with Crippen LogP contribution in [0.2, 0.25) is 10.0 Å². The predicted octanol–water partition coefficient (Wildman–Crippen LogP) is 4.50. The van der Waals surface area contributed by atoms with Crippen LogP contribution in [0.5, 0.6) is 0 Å². The van der Waals surface area contributed by atoms with Gasteiger partial charge < -0.3 is 5.11 Å². The molecule has 1 N–H and O–H groups in total. The Hall–Kier alpha value is -2.73. The number of nitriles is 1. The molecule has 144 valence electrons. The summed E-state index contributed by atoms with van der Waals surface area (Å²) in [5.41, 5.74) is 0.999. The third-order valence-electron chi connectivity index (χ3n) is 4.14. The van der Waals surface area contributed by atoms with Gasteiger partial charge in [-0.25, -0.2) is 17.2 Å². The van der Waals surface area contributed by atoms with E-state index in [9.17, 15) is 18.3 Å². The Morgan fingerprint density at radius 3 is 2.46 bits per heavy atom. The summed E-state index contributed by atoms with van der Waals surface area (Å²) in [6.45, 7) is 1.37. The molecule has 1 heterocycles. The van der Waals surface area contributed by atoms with Gasteiger partial charge in [0.25, 0.3) is 10.0 Å². The van der Waals surface area contributed by atoms with E-state index in [4.69, 9.17) is 28.5 Å². The molecular weight excluding hydrogens is 425 g/mol. The minimum atomic E-state index is -4.01. The standard InChI is InChI=1S/C18H13Cl2N3O4S/c1-11-2-4-12(5-3-11)28(26,27)23-8-6-13-15(22(9-7-21)18(24)25)10-14(19)16(20)17(13)23/h2-6,8,10H,9H2,1H3,(H,24,25). The summed E-state index contributed by atoms with van der Waals surface area (Å²) in [7, 11) is -4.01. The number of benzene rings is 2. The van der Waals surface area contributed by atoms with E-state index in [0.29, 0.717) is 0 Å². The van der Waals surface area contributed by atoms with Crippen molar-refractivity contribution < 1.29 is 18.3 Å². The molecule has 0 fully saturated rings. The van der Waals surface area contributed by atoms with Crippen molar-refractivity contribution in [2.24, 2.45) is 0 Å². The molecule has 0 aliphatic rings. The molecule has 28 heavy (non-hydrogen) atoms. The lowest BCUT2D eigenvalue weighted by atomic mass is 10.2. The molecule has 0 aliphatic carbocycles. The lowest BCUT2D eigenvalue weighted by molar-refractivity contribution is 0.202. The van der Waals surface area contributed by atoms with Gasteiger partial charge in [0, 0.05) is 11.6 Å². The second kappa shape index (κ2) is 7.36. The molecule has 0 spiro atoms. The Morgan fingerprint density at radius 1 is 1.25 bits per heavy atom. The van der Waals surface area contributed by atoms with Crippen LogP contribution in [0.15, 0.2) is 47.5 Å². The lowest BCUT2D eigenvalue weighted by Crippen LogP contribution is -2.29. The summed E-state index contributed by atoms with van der Waals surface area (Å²) >= 11 is 12.4. The molecule has 1 amide bonds. The molecule has 0 aliphatic heterocycles. The third kappa shape index (κ3) is 3.29. The van der Waals surface area contributed by atoms with Gasteiger partial charge in [-0.3, -0.25) is 4.90 Å². The van der Waals surface area contributed by atoms with Crippen LogP contribution < -0.4 is 4.90 Å². The van der Waals surface area contributed by atoms with Gasteiger partial charge in [-0.2, -0.15) is 5.26 Å². The average Bonchev–Trinajstić information content (AvgIpc) is 3.09. The average molecular weight is 438 g/mol. The topological polar surface area (TPSA) is 103 Å². The van der Waals surface area contributed by atoms with E-state index in [-0.39, 0.29) is 31.5 Å². The van der Waals surface area contributed by atoms with E-state index in [1.165, 1.54) is 30.5 Å². The van der Waals surface area contributed by atoms with Crippen molar-refractivity contribution in [3.63, 3.8) is 0 Å². The number of hydrogen-bond acceptors (Lipinski definition) is 4. The number of aromatic nitrogens is 1. The van der Waals surface area contributed by atoms with Crippen LogP contribution in [-0.2, 0) is 10.0 Å². The highest BCUT2D eigenvalue weighted by atomic mass is 35.5. The summed E-state index contributed by atoms with van der Waals surface area (Å²) in [5.74, 6) is 0. The first-order valence-electron chi connectivity index (χ1n) is 7.87. The van der Waals surface area contributed by atoms with E-state index < -0.39 is 22.7 Å². The molecule has 0 atom stereocenters. The van der Waals surface area contributed by atoms with Crippen molar-refractivity contribution in [1.29, 1.82) is 5.26 Å². The Balaban J connectivity index is 2.32. The minimum absolute atomic E-state index is 0.0348. The number of carboxylic acid groups (broad SMARTS) is 1. The minimum Gasteiger partial charge on any atom is -0.465 e. The first-order chi connectivity index (χ1) is 13.2. The molecule has 0 unspecified atom stereocenters. The predicted molar refractivity (Wildman–Crippen MR) is 107 cm³/mol. The lowest BCUT2D eigenvalue weighted by Gasteiger charge is -2.18. The van der Waals surface area contributed by atoms with Crippen LogP contribution in [0.25, 0.3) is 10.9 Å². The van der Waals surface area contributed by atoms with Gasteiger partial charge in [0.1, 0.15) is 6.54 Å². The summed E-state index contributed by atoms with van der Waals surface area (Å²) in [5, 5.41) is 18.5. The molecule has 0 radical (unpaired) electrons. The summed E-state index contributed by atoms with van der Waals surface area (Å²) < 4.78 is 27.2. The second-order valence-corrected chi connectivity index (χ2v) is 8.51. The van der Waals surface area contributed by atoms with Crippen LogP contribution in [-0.4, -0.2) is 30.1 Å². The fourth-order valence-electron chi connectivity index (χ4n) is 2.78. The SMILES string of the molecule is Cc1ccc(S(=O)(=O)n2ccc3c(N(CC#N)C(=O)O)cc(Cl)c(Cl)c32)cc1. The van der Waals surface area contributed by atoms with Crippen LogP contribution in [0.4, 0.5) is 10.5 Å². The zero-order chi connectivity index (χ0) is 20.6. The summed E-state index contributed by atoms with van der Waals surface area (Å²) in [4.78, 5) is 12.4. The maximum Gasteiger partial charge on any atom is 0.412 e. The number of hydrogen-bond donors (Lipinski definition) is 1. The van der Waals surface area contributed by atoms with Crippen LogP contribution >= 0.6 is 23.2 Å². The first kappa shape index (κ1) is 20.0. The Morgan fingerprint density at radius 2 is 1.89 bits per heavy atom. The Kier molecular flexibility index (Phi) is 5.26. The number of nitrogens with zero attached hydrogens (tertiary/aromatic N) is 3. The molecule has 0 saturated heterocycles. The number of aryl methyl sites for hydroxylation is 1. The van der Waals surface area contributed by atoms with Crippen molar-refractivity contribution in [2.45, 2.75) is 11.8 Å². The van der Waals surface area contributed by atoms with Gasteiger partial charge in [0.15, 0.2) is 0 Å². The molecule has 3 aromatic rings. The van der Waals surface area contributed by atoms with Gasteiger partial charge in [-0.15, -0.1) is 0 Å². The van der Waals surface area contributed by atoms with Crippen LogP contribution in [0.3, 0.4) is 0 Å². The van der Waals surface area contributed by atoms with Crippen molar-refractivity contribution in [2.75, 3.05) is 11.4 Å². The largest absolute Gasteiger partial charge is 0.465 e. The van der Waals surface area contributed by atoms with Crippen LogP contribution in [0, 0.1) is 18.3 Å². The smallest absolute Gasteiger partial charge is 0.412 e. The number of fused-ring (bicyclic) bond motifs is 1. The van der Waals surface area contributed by atoms with Gasteiger partial charge in [-0.05, 0) is 31.2 Å². The van der Waals surface area contributed by atoms with E-state index in [0.717, 1.165) is 14.4 Å². The maximum absolute atomic E-state index is 13.1. The van der Waals surface area contributed by atoms with Crippen LogP contribution in [0.1, 0.15) is 5.56 Å². The zero-order valence-corrected chi connectivity index (χ0v) is 16.8. The highest BCUT2D eigenvalue weighted by Gasteiger charge is 2.26. The molecule has 2 aromatic carbocycles. The van der Waals surface area contributed by atoms with Gasteiger partial charge in [0.05, 0.1) is 32.2 Å². The van der Waals surface area contributed by atoms with E-state index in [1.54, 1.807) is 18.2 Å². The highest BCUT2D eigenvalue weighted by molar-refractivity contribution is 7.90. The quantitative estimate of drug-likeness (QED) is 0.604. The third-order valence-corrected chi connectivity index (χ3v) is 6.60. The molecule has 10 heteroatoms. The molecule has 3 rings (SSSR count). The molecular formula is C18H13Cl2N3O4S. The molecule has 1 aromatic heterocycles. The van der Waals surface area contributed by atoms with Gasteiger partial charge >= 0.3 is 6.09 Å². The van der Waals surface area contributed by atoms with Crippen molar-refractivity contribution in [1.82, 2.24) is 3.97 Å². The number of amides is 1. The van der Waals surface area contributed by atoms with Crippen molar-refractivity contribution in [3.05, 3.63) is 58.2 Å². The zero-order valence-electron chi connectivity index (χ0n) is 14.4. The fourth-order valence-corrected chi connectivity index (χ4v) is 4.63. The molecule has 0 bridgehead atoms. The maximum atomic E-state index is 13.1. The fraction of sp³-hybridized carbons (Fsp3) is 0.111.